The van der Waals surface area contributed by atoms with Gasteiger partial charge in [-0.05, 0) is 18.2 Å². The van der Waals surface area contributed by atoms with E-state index in [0.717, 1.165) is 0 Å². The lowest BCUT2D eigenvalue weighted by molar-refractivity contribution is -0.112. The van der Waals surface area contributed by atoms with Gasteiger partial charge in [-0.1, -0.05) is 17.7 Å². The van der Waals surface area contributed by atoms with Crippen LogP contribution in [-0.2, 0) is 4.79 Å². The van der Waals surface area contributed by atoms with Crippen LogP contribution in [0.3, 0.4) is 0 Å². The van der Waals surface area contributed by atoms with E-state index in [0.29, 0.717) is 17.3 Å². The van der Waals surface area contributed by atoms with E-state index >= 15 is 0 Å². The zero-order valence-electron chi connectivity index (χ0n) is 10.4. The molecule has 0 aliphatic carbocycles. The molecular weight excluding hydrogens is 266 g/mol. The Morgan fingerprint density at radius 2 is 2.37 bits per heavy atom. The number of hydrogen-bond donors (Lipinski definition) is 2. The Bertz CT molecular complexity index is 523. The summed E-state index contributed by atoms with van der Waals surface area (Å²) in [4.78, 5) is 13.4. The molecule has 0 heterocycles. The molecule has 2 N–H and O–H groups in total. The summed E-state index contributed by atoms with van der Waals surface area (Å²) in [5.41, 5.74) is 0.472. The third kappa shape index (κ3) is 5.00. The highest BCUT2D eigenvalue weighted by atomic mass is 35.5. The van der Waals surface area contributed by atoms with E-state index in [4.69, 9.17) is 22.0 Å². The average Bonchev–Trinajstić information content (AvgIpc) is 2.36. The van der Waals surface area contributed by atoms with Gasteiger partial charge in [-0.2, -0.15) is 5.26 Å². The highest BCUT2D eigenvalue weighted by molar-refractivity contribution is 6.31. The first kappa shape index (κ1) is 15.0. The number of nitrogens with zero attached hydrogens (tertiary/aromatic N) is 2. The number of likely N-dealkylation sites (N-methyl/N-ethyl adjacent to an activating group) is 1. The fourth-order valence-corrected chi connectivity index (χ4v) is 1.54. The largest absolute Gasteiger partial charge is 0.395 e. The highest BCUT2D eigenvalue weighted by Gasteiger charge is 2.10. The molecule has 0 saturated heterocycles. The lowest BCUT2D eigenvalue weighted by Gasteiger charge is -2.12. The molecule has 0 saturated carbocycles. The maximum Gasteiger partial charge on any atom is 0.267 e. The molecule has 0 spiro atoms. The van der Waals surface area contributed by atoms with Crippen LogP contribution in [0, 0.1) is 11.3 Å². The van der Waals surface area contributed by atoms with Crippen LogP contribution in [-0.4, -0.2) is 36.1 Å². The van der Waals surface area contributed by atoms with Gasteiger partial charge in [0.25, 0.3) is 5.91 Å². The van der Waals surface area contributed by atoms with Crippen molar-refractivity contribution >= 4 is 23.2 Å². The summed E-state index contributed by atoms with van der Waals surface area (Å²) in [6.07, 6.45) is 1.39. The number of halogens is 1. The number of aliphatic hydroxyl groups excluding tert-OH is 1. The normalized spacial score (nSPS) is 10.7. The fourth-order valence-electron chi connectivity index (χ4n) is 1.35. The van der Waals surface area contributed by atoms with Crippen LogP contribution < -0.4 is 5.32 Å². The highest BCUT2D eigenvalue weighted by Crippen LogP contribution is 2.15. The van der Waals surface area contributed by atoms with Gasteiger partial charge in [-0.15, -0.1) is 0 Å². The van der Waals surface area contributed by atoms with Crippen LogP contribution in [0.5, 0.6) is 0 Å². The molecule has 0 aliphatic rings. The second kappa shape index (κ2) is 7.41. The second-order valence-electron chi connectivity index (χ2n) is 3.82. The van der Waals surface area contributed by atoms with Crippen molar-refractivity contribution in [2.75, 3.05) is 25.5 Å². The lowest BCUT2D eigenvalue weighted by Crippen LogP contribution is -2.20. The molecule has 0 bridgehead atoms. The van der Waals surface area contributed by atoms with Crippen molar-refractivity contribution in [3.8, 4) is 6.07 Å². The van der Waals surface area contributed by atoms with Crippen LogP contribution in [0.15, 0.2) is 36.0 Å². The van der Waals surface area contributed by atoms with Crippen LogP contribution >= 0.6 is 11.6 Å². The Morgan fingerprint density at radius 3 is 2.95 bits per heavy atom. The van der Waals surface area contributed by atoms with Gasteiger partial charge >= 0.3 is 0 Å². The number of rotatable bonds is 5. The molecule has 0 radical (unpaired) electrons. The Morgan fingerprint density at radius 1 is 1.63 bits per heavy atom. The summed E-state index contributed by atoms with van der Waals surface area (Å²) < 4.78 is 0. The minimum atomic E-state index is -0.519. The van der Waals surface area contributed by atoms with Crippen molar-refractivity contribution in [3.63, 3.8) is 0 Å². The molecule has 5 nitrogen and oxygen atoms in total. The van der Waals surface area contributed by atoms with Gasteiger partial charge in [0, 0.05) is 30.5 Å². The summed E-state index contributed by atoms with van der Waals surface area (Å²) in [7, 11) is 1.67. The Labute approximate surface area is 116 Å². The Hall–Kier alpha value is -2.03. The monoisotopic (exact) mass is 279 g/mol. The van der Waals surface area contributed by atoms with E-state index in [1.807, 2.05) is 6.07 Å². The van der Waals surface area contributed by atoms with Crippen molar-refractivity contribution in [2.24, 2.45) is 0 Å². The number of aliphatic hydroxyl groups is 1. The molecule has 1 amide bonds. The van der Waals surface area contributed by atoms with Crippen molar-refractivity contribution in [1.29, 1.82) is 5.26 Å². The Balaban J connectivity index is 2.78. The molecule has 0 unspecified atom stereocenters. The minimum Gasteiger partial charge on any atom is -0.395 e. The summed E-state index contributed by atoms with van der Waals surface area (Å²) in [5, 5.41) is 20.8. The SMILES string of the molecule is CN(/C=C(/C#N)C(=O)Nc1cccc(Cl)c1)CCO. The third-order valence-electron chi connectivity index (χ3n) is 2.25. The van der Waals surface area contributed by atoms with Gasteiger partial charge in [-0.3, -0.25) is 4.79 Å². The van der Waals surface area contributed by atoms with E-state index < -0.39 is 5.91 Å². The van der Waals surface area contributed by atoms with Gasteiger partial charge in [0.05, 0.1) is 6.61 Å². The number of carbonyl (C=O) groups excluding carboxylic acids is 1. The topological polar surface area (TPSA) is 76.4 Å². The number of nitriles is 1. The van der Waals surface area contributed by atoms with Crippen LogP contribution in [0.25, 0.3) is 0 Å². The van der Waals surface area contributed by atoms with Crippen molar-refractivity contribution in [2.45, 2.75) is 0 Å². The van der Waals surface area contributed by atoms with Crippen molar-refractivity contribution < 1.29 is 9.90 Å². The molecule has 6 heteroatoms. The quantitative estimate of drug-likeness (QED) is 0.634. The van der Waals surface area contributed by atoms with Crippen molar-refractivity contribution in [1.82, 2.24) is 4.90 Å². The lowest BCUT2D eigenvalue weighted by atomic mass is 10.2. The molecular formula is C13H14ClN3O2. The van der Waals surface area contributed by atoms with E-state index in [1.165, 1.54) is 6.20 Å². The zero-order valence-corrected chi connectivity index (χ0v) is 11.2. The van der Waals surface area contributed by atoms with Crippen LogP contribution in [0.4, 0.5) is 5.69 Å². The number of benzene rings is 1. The number of amides is 1. The van der Waals surface area contributed by atoms with Gasteiger partial charge in [0.15, 0.2) is 0 Å². The second-order valence-corrected chi connectivity index (χ2v) is 4.26. The van der Waals surface area contributed by atoms with E-state index in [1.54, 1.807) is 36.2 Å². The standard InChI is InChI=1S/C13H14ClN3O2/c1-17(5-6-18)9-10(8-15)13(19)16-12-4-2-3-11(14)7-12/h2-4,7,9,18H,5-6H2,1H3,(H,16,19)/b10-9-. The number of anilines is 1. The molecule has 1 aromatic carbocycles. The minimum absolute atomic E-state index is 0.0454. The summed E-state index contributed by atoms with van der Waals surface area (Å²) in [6, 6.07) is 8.47. The average molecular weight is 280 g/mol. The maximum atomic E-state index is 11.9. The van der Waals surface area contributed by atoms with E-state index in [9.17, 15) is 4.79 Å². The molecule has 0 aromatic heterocycles. The molecule has 0 aliphatic heterocycles. The van der Waals surface area contributed by atoms with Gasteiger partial charge in [0.1, 0.15) is 11.6 Å². The summed E-state index contributed by atoms with van der Waals surface area (Å²) in [5.74, 6) is -0.519. The molecule has 1 rings (SSSR count). The first-order valence-electron chi connectivity index (χ1n) is 5.56. The van der Waals surface area contributed by atoms with E-state index in [-0.39, 0.29) is 12.2 Å². The smallest absolute Gasteiger partial charge is 0.267 e. The molecule has 19 heavy (non-hydrogen) atoms. The number of carbonyl (C=O) groups is 1. The Kier molecular flexibility index (Phi) is 5.86. The van der Waals surface area contributed by atoms with E-state index in [2.05, 4.69) is 5.32 Å². The van der Waals surface area contributed by atoms with Crippen LogP contribution in [0.2, 0.25) is 5.02 Å². The number of nitrogens with one attached hydrogen (secondary N) is 1. The first-order valence-corrected chi connectivity index (χ1v) is 5.94. The van der Waals surface area contributed by atoms with Gasteiger partial charge < -0.3 is 15.3 Å². The molecule has 0 fully saturated rings. The predicted molar refractivity (Wildman–Crippen MR) is 73.5 cm³/mol. The molecule has 0 atom stereocenters. The maximum absolute atomic E-state index is 11.9. The van der Waals surface area contributed by atoms with Crippen molar-refractivity contribution in [3.05, 3.63) is 41.1 Å². The zero-order chi connectivity index (χ0) is 14.3. The molecule has 100 valence electrons. The first-order chi connectivity index (χ1) is 9.06. The summed E-state index contributed by atoms with van der Waals surface area (Å²) in [6.45, 7) is 0.289. The fraction of sp³-hybridized carbons (Fsp3) is 0.231. The third-order valence-corrected chi connectivity index (χ3v) is 2.48. The van der Waals surface area contributed by atoms with Gasteiger partial charge in [-0.25, -0.2) is 0 Å². The predicted octanol–water partition coefficient (Wildman–Crippen LogP) is 1.61. The number of hydrogen-bond acceptors (Lipinski definition) is 4. The van der Waals surface area contributed by atoms with Gasteiger partial charge in [0.2, 0.25) is 0 Å². The molecule has 1 aromatic rings. The van der Waals surface area contributed by atoms with Crippen LogP contribution in [0.1, 0.15) is 0 Å². The summed E-state index contributed by atoms with van der Waals surface area (Å²) >= 11 is 5.80.